The summed E-state index contributed by atoms with van der Waals surface area (Å²) < 4.78 is 6.32. The second-order valence-electron chi connectivity index (χ2n) is 6.53. The molecule has 1 aliphatic rings. The summed E-state index contributed by atoms with van der Waals surface area (Å²) >= 11 is 0. The molecule has 3 rings (SSSR count). The lowest BCUT2D eigenvalue weighted by Crippen LogP contribution is -2.46. The van der Waals surface area contributed by atoms with Crippen molar-refractivity contribution in [1.82, 2.24) is 24.8 Å². The molecule has 28 heavy (non-hydrogen) atoms. The molecular weight excluding hydrogens is 366 g/mol. The minimum absolute atomic E-state index is 0.0863. The summed E-state index contributed by atoms with van der Waals surface area (Å²) in [5, 5.41) is 3.10. The largest absolute Gasteiger partial charge is 0.450 e. The van der Waals surface area contributed by atoms with Crippen LogP contribution in [-0.2, 0) is 11.3 Å². The van der Waals surface area contributed by atoms with Gasteiger partial charge < -0.3 is 15.0 Å². The molecule has 1 saturated heterocycles. The number of carbonyl (C=O) groups is 2. The molecule has 0 aliphatic carbocycles. The van der Waals surface area contributed by atoms with Gasteiger partial charge in [-0.1, -0.05) is 0 Å². The summed E-state index contributed by atoms with van der Waals surface area (Å²) in [7, 11) is 0. The molecule has 0 saturated carbocycles. The zero-order valence-corrected chi connectivity index (χ0v) is 15.9. The van der Waals surface area contributed by atoms with Gasteiger partial charge in [-0.3, -0.25) is 19.1 Å². The second-order valence-corrected chi connectivity index (χ2v) is 6.53. The summed E-state index contributed by atoms with van der Waals surface area (Å²) in [6.45, 7) is 5.21. The van der Waals surface area contributed by atoms with Crippen molar-refractivity contribution in [2.75, 3.05) is 19.7 Å². The average Bonchev–Trinajstić information content (AvgIpc) is 2.68. The monoisotopic (exact) mass is 389 g/mol. The van der Waals surface area contributed by atoms with Crippen LogP contribution in [0.2, 0.25) is 0 Å². The zero-order valence-electron chi connectivity index (χ0n) is 15.9. The quantitative estimate of drug-likeness (QED) is 0.782. The number of piperidine rings is 1. The zero-order chi connectivity index (χ0) is 20.3. The van der Waals surface area contributed by atoms with Crippen LogP contribution in [0.1, 0.15) is 37.0 Å². The van der Waals surface area contributed by atoms with Gasteiger partial charge in [0.2, 0.25) is 0 Å². The van der Waals surface area contributed by atoms with Gasteiger partial charge in [0.05, 0.1) is 17.6 Å². The molecule has 10 nitrogen and oxygen atoms in total. The third-order valence-electron chi connectivity index (χ3n) is 4.77. The molecule has 0 spiro atoms. The predicted molar refractivity (Wildman–Crippen MR) is 101 cm³/mol. The Morgan fingerprint density at radius 2 is 2.00 bits per heavy atom. The number of amides is 2. The second kappa shape index (κ2) is 8.24. The Kier molecular flexibility index (Phi) is 5.76. The number of H-pyrrole nitrogens is 1. The average molecular weight is 389 g/mol. The van der Waals surface area contributed by atoms with E-state index in [2.05, 4.69) is 15.3 Å². The highest BCUT2D eigenvalue weighted by molar-refractivity contribution is 5.96. The van der Waals surface area contributed by atoms with E-state index >= 15 is 0 Å². The Balaban J connectivity index is 1.72. The van der Waals surface area contributed by atoms with Crippen LogP contribution >= 0.6 is 0 Å². The third-order valence-corrected chi connectivity index (χ3v) is 4.77. The number of hydrogen-bond acceptors (Lipinski definition) is 6. The van der Waals surface area contributed by atoms with Gasteiger partial charge in [-0.25, -0.2) is 14.6 Å². The van der Waals surface area contributed by atoms with E-state index in [0.717, 1.165) is 0 Å². The van der Waals surface area contributed by atoms with Crippen LogP contribution in [0.15, 0.2) is 21.9 Å². The fraction of sp³-hybridized carbons (Fsp3) is 0.500. The van der Waals surface area contributed by atoms with Crippen molar-refractivity contribution in [1.29, 1.82) is 0 Å². The van der Waals surface area contributed by atoms with Crippen molar-refractivity contribution in [3.05, 3.63) is 38.7 Å². The third kappa shape index (κ3) is 3.90. The molecule has 1 aliphatic heterocycles. The Labute approximate surface area is 160 Å². The highest BCUT2D eigenvalue weighted by Crippen LogP contribution is 2.13. The number of fused-ring (bicyclic) bond motifs is 1. The van der Waals surface area contributed by atoms with E-state index in [1.807, 2.05) is 0 Å². The maximum absolute atomic E-state index is 12.6. The van der Waals surface area contributed by atoms with Crippen LogP contribution in [0.5, 0.6) is 0 Å². The molecule has 150 valence electrons. The fourth-order valence-corrected chi connectivity index (χ4v) is 3.28. The highest BCUT2D eigenvalue weighted by atomic mass is 16.6. The van der Waals surface area contributed by atoms with E-state index in [1.165, 1.54) is 16.8 Å². The van der Waals surface area contributed by atoms with Gasteiger partial charge in [0.1, 0.15) is 5.65 Å². The van der Waals surface area contributed by atoms with E-state index in [9.17, 15) is 19.2 Å². The molecule has 0 radical (unpaired) electrons. The number of aromatic nitrogens is 3. The maximum Gasteiger partial charge on any atom is 0.409 e. The molecular formula is C18H23N5O5. The number of nitrogens with one attached hydrogen (secondary N) is 2. The summed E-state index contributed by atoms with van der Waals surface area (Å²) in [6.07, 6.45) is 2.24. The molecule has 0 aromatic carbocycles. The van der Waals surface area contributed by atoms with Crippen molar-refractivity contribution in [2.24, 2.45) is 0 Å². The summed E-state index contributed by atoms with van der Waals surface area (Å²) in [6, 6.07) is 1.35. The number of carbonyl (C=O) groups excluding carboxylic acids is 2. The van der Waals surface area contributed by atoms with E-state index in [1.54, 1.807) is 18.7 Å². The number of hydrogen-bond donors (Lipinski definition) is 2. The summed E-state index contributed by atoms with van der Waals surface area (Å²) in [4.78, 5) is 56.2. The van der Waals surface area contributed by atoms with Gasteiger partial charge >= 0.3 is 11.8 Å². The smallest absolute Gasteiger partial charge is 0.409 e. The van der Waals surface area contributed by atoms with Crippen LogP contribution in [0.25, 0.3) is 11.0 Å². The minimum atomic E-state index is -0.574. The normalized spacial score (nSPS) is 14.9. The van der Waals surface area contributed by atoms with Gasteiger partial charge in [0, 0.05) is 31.9 Å². The Bertz CT molecular complexity index is 1000. The SMILES string of the molecule is CCOC(=O)N1CCC(NC(=O)c2cnc3c(c2)c(=O)[nH]c(=O)n3CC)CC1. The van der Waals surface area contributed by atoms with Crippen molar-refractivity contribution < 1.29 is 14.3 Å². The van der Waals surface area contributed by atoms with Crippen LogP contribution in [0, 0.1) is 0 Å². The molecule has 10 heteroatoms. The van der Waals surface area contributed by atoms with Crippen LogP contribution < -0.4 is 16.6 Å². The first kappa shape index (κ1) is 19.6. The lowest BCUT2D eigenvalue weighted by Gasteiger charge is -2.31. The number of ether oxygens (including phenoxy) is 1. The minimum Gasteiger partial charge on any atom is -0.450 e. The highest BCUT2D eigenvalue weighted by Gasteiger charge is 2.25. The van der Waals surface area contributed by atoms with E-state index in [0.29, 0.717) is 39.1 Å². The standard InChI is InChI=1S/C18H23N5O5/c1-3-23-14-13(16(25)21-17(23)26)9-11(10-19-14)15(24)20-12-5-7-22(8-6-12)18(27)28-4-2/h9-10,12H,3-8H2,1-2H3,(H,20,24)(H,21,25,26). The summed E-state index contributed by atoms with van der Waals surface area (Å²) in [5.74, 6) is -0.349. The van der Waals surface area contributed by atoms with Crippen LogP contribution in [0.3, 0.4) is 0 Å². The first-order valence-corrected chi connectivity index (χ1v) is 9.30. The molecule has 0 atom stereocenters. The van der Waals surface area contributed by atoms with Crippen molar-refractivity contribution in [2.45, 2.75) is 39.3 Å². The maximum atomic E-state index is 12.6. The lowest BCUT2D eigenvalue weighted by atomic mass is 10.0. The van der Waals surface area contributed by atoms with Gasteiger partial charge in [-0.05, 0) is 32.8 Å². The van der Waals surface area contributed by atoms with E-state index in [4.69, 9.17) is 4.74 Å². The number of nitrogens with zero attached hydrogens (tertiary/aromatic N) is 3. The molecule has 3 heterocycles. The molecule has 2 N–H and O–H groups in total. The fourth-order valence-electron chi connectivity index (χ4n) is 3.28. The van der Waals surface area contributed by atoms with Crippen molar-refractivity contribution in [3.63, 3.8) is 0 Å². The van der Waals surface area contributed by atoms with Crippen LogP contribution in [-0.4, -0.2) is 57.2 Å². The molecule has 2 amide bonds. The van der Waals surface area contributed by atoms with Gasteiger partial charge in [0.15, 0.2) is 0 Å². The van der Waals surface area contributed by atoms with Crippen LogP contribution in [0.4, 0.5) is 4.79 Å². The first-order valence-electron chi connectivity index (χ1n) is 9.30. The Morgan fingerprint density at radius 3 is 2.64 bits per heavy atom. The molecule has 2 aromatic rings. The Hall–Kier alpha value is -3.17. The molecule has 1 fully saturated rings. The Morgan fingerprint density at radius 1 is 1.29 bits per heavy atom. The predicted octanol–water partition coefficient (Wildman–Crippen LogP) is 0.455. The van der Waals surface area contributed by atoms with Gasteiger partial charge in [0.25, 0.3) is 11.5 Å². The number of aryl methyl sites for hydroxylation is 1. The number of pyridine rings is 1. The number of rotatable bonds is 4. The first-order chi connectivity index (χ1) is 13.4. The van der Waals surface area contributed by atoms with Crippen molar-refractivity contribution in [3.8, 4) is 0 Å². The summed E-state index contributed by atoms with van der Waals surface area (Å²) in [5.41, 5.74) is -0.615. The molecule has 0 unspecified atom stereocenters. The van der Waals surface area contributed by atoms with Gasteiger partial charge in [-0.15, -0.1) is 0 Å². The number of aromatic amines is 1. The van der Waals surface area contributed by atoms with E-state index < -0.39 is 11.2 Å². The lowest BCUT2D eigenvalue weighted by molar-refractivity contribution is 0.0860. The van der Waals surface area contributed by atoms with Gasteiger partial charge in [-0.2, -0.15) is 0 Å². The molecule has 2 aromatic heterocycles. The number of likely N-dealkylation sites (tertiary alicyclic amines) is 1. The molecule has 0 bridgehead atoms. The van der Waals surface area contributed by atoms with E-state index in [-0.39, 0.29) is 34.6 Å². The topological polar surface area (TPSA) is 126 Å². The van der Waals surface area contributed by atoms with Crippen molar-refractivity contribution >= 4 is 23.0 Å².